The minimum atomic E-state index is -0.507. The molecule has 1 heterocycles. The van der Waals surface area contributed by atoms with Gasteiger partial charge in [0.15, 0.2) is 0 Å². The molecule has 0 aliphatic rings. The average Bonchev–Trinajstić information content (AvgIpc) is 3.12. The molecule has 1 aromatic heterocycles. The van der Waals surface area contributed by atoms with Gasteiger partial charge in [0.2, 0.25) is 5.91 Å². The number of amides is 2. The standard InChI is InChI=1S/C18H22N2O3S2/c1-20(2)16(21)11-15(13-25-17-9-6-10-24-17)19-18(22)23-12-14-7-4-3-5-8-14/h3-10,15H,11-13H2,1-2H3,(H,19,22)/t15-/m1/s1. The lowest BCUT2D eigenvalue weighted by Gasteiger charge is -2.19. The van der Waals surface area contributed by atoms with E-state index in [0.29, 0.717) is 5.75 Å². The number of benzene rings is 1. The second-order valence-electron chi connectivity index (χ2n) is 5.64. The summed E-state index contributed by atoms with van der Waals surface area (Å²) in [6.07, 6.45) is -0.265. The Morgan fingerprint density at radius 2 is 1.96 bits per heavy atom. The van der Waals surface area contributed by atoms with Crippen molar-refractivity contribution in [3.8, 4) is 0 Å². The largest absolute Gasteiger partial charge is 0.445 e. The van der Waals surface area contributed by atoms with Crippen LogP contribution in [0, 0.1) is 0 Å². The minimum Gasteiger partial charge on any atom is -0.445 e. The van der Waals surface area contributed by atoms with Crippen molar-refractivity contribution in [2.75, 3.05) is 19.8 Å². The fourth-order valence-corrected chi connectivity index (χ4v) is 3.84. The van der Waals surface area contributed by atoms with Crippen molar-refractivity contribution in [2.45, 2.75) is 23.3 Å². The molecule has 0 saturated carbocycles. The summed E-state index contributed by atoms with van der Waals surface area (Å²) in [6.45, 7) is 0.207. The zero-order valence-corrected chi connectivity index (χ0v) is 15.9. The van der Waals surface area contributed by atoms with Crippen molar-refractivity contribution in [1.29, 1.82) is 0 Å². The zero-order chi connectivity index (χ0) is 18.1. The molecule has 2 aromatic rings. The number of carbonyl (C=O) groups is 2. The smallest absolute Gasteiger partial charge is 0.407 e. The van der Waals surface area contributed by atoms with Crippen LogP contribution in [0.5, 0.6) is 0 Å². The highest BCUT2D eigenvalue weighted by molar-refractivity contribution is 8.01. The number of thiophene rings is 1. The lowest BCUT2D eigenvalue weighted by molar-refractivity contribution is -0.129. The van der Waals surface area contributed by atoms with Gasteiger partial charge in [0, 0.05) is 26.3 Å². The second-order valence-corrected chi connectivity index (χ2v) is 7.91. The van der Waals surface area contributed by atoms with Gasteiger partial charge >= 0.3 is 6.09 Å². The molecule has 134 valence electrons. The molecule has 2 rings (SSSR count). The van der Waals surface area contributed by atoms with Crippen LogP contribution in [0.1, 0.15) is 12.0 Å². The summed E-state index contributed by atoms with van der Waals surface area (Å²) in [7, 11) is 3.42. The SMILES string of the molecule is CN(C)C(=O)C[C@H](CSc1cccs1)NC(=O)OCc1ccccc1. The predicted octanol–water partition coefficient (Wildman–Crippen LogP) is 3.61. The Morgan fingerprint density at radius 3 is 2.60 bits per heavy atom. The lowest BCUT2D eigenvalue weighted by Crippen LogP contribution is -2.40. The third-order valence-corrected chi connectivity index (χ3v) is 5.67. The molecular weight excluding hydrogens is 356 g/mol. The number of nitrogens with zero attached hydrogens (tertiary/aromatic N) is 1. The monoisotopic (exact) mass is 378 g/mol. The van der Waals surface area contributed by atoms with Crippen molar-refractivity contribution >= 4 is 35.1 Å². The normalized spacial score (nSPS) is 11.6. The van der Waals surface area contributed by atoms with E-state index in [2.05, 4.69) is 5.32 Å². The number of carbonyl (C=O) groups excluding carboxylic acids is 2. The predicted molar refractivity (Wildman–Crippen MR) is 102 cm³/mol. The van der Waals surface area contributed by atoms with Crippen LogP contribution in [0.2, 0.25) is 0 Å². The maximum Gasteiger partial charge on any atom is 0.407 e. The van der Waals surface area contributed by atoms with Gasteiger partial charge < -0.3 is 15.0 Å². The van der Waals surface area contributed by atoms with Gasteiger partial charge in [0.1, 0.15) is 6.61 Å². The molecule has 5 nitrogen and oxygen atoms in total. The van der Waals surface area contributed by atoms with Crippen LogP contribution in [0.3, 0.4) is 0 Å². The van der Waals surface area contributed by atoms with Crippen LogP contribution in [0.25, 0.3) is 0 Å². The van der Waals surface area contributed by atoms with Gasteiger partial charge in [-0.2, -0.15) is 0 Å². The summed E-state index contributed by atoms with van der Waals surface area (Å²) < 4.78 is 6.41. The van der Waals surface area contributed by atoms with Crippen molar-refractivity contribution in [1.82, 2.24) is 10.2 Å². The first-order valence-electron chi connectivity index (χ1n) is 7.88. The van der Waals surface area contributed by atoms with Gasteiger partial charge in [0.05, 0.1) is 10.3 Å². The van der Waals surface area contributed by atoms with Crippen molar-refractivity contribution in [2.24, 2.45) is 0 Å². The quantitative estimate of drug-likeness (QED) is 0.713. The Balaban J connectivity index is 1.86. The Hall–Kier alpha value is -1.99. The Labute approximate surface area is 156 Å². The van der Waals surface area contributed by atoms with Gasteiger partial charge in [-0.25, -0.2) is 4.79 Å². The third-order valence-electron chi connectivity index (χ3n) is 3.38. The minimum absolute atomic E-state index is 0.0276. The fourth-order valence-electron chi connectivity index (χ4n) is 2.00. The molecule has 1 atom stereocenters. The summed E-state index contributed by atoms with van der Waals surface area (Å²) in [4.78, 5) is 25.6. The first-order chi connectivity index (χ1) is 12.0. The van der Waals surface area contributed by atoms with Gasteiger partial charge in [0.25, 0.3) is 0 Å². The highest BCUT2D eigenvalue weighted by atomic mass is 32.2. The van der Waals surface area contributed by atoms with Gasteiger partial charge in [-0.1, -0.05) is 36.4 Å². The van der Waals surface area contributed by atoms with E-state index >= 15 is 0 Å². The molecule has 7 heteroatoms. The van der Waals surface area contributed by atoms with Crippen molar-refractivity contribution < 1.29 is 14.3 Å². The van der Waals surface area contributed by atoms with Crippen LogP contribution < -0.4 is 5.32 Å². The molecule has 0 unspecified atom stereocenters. The summed E-state index contributed by atoms with van der Waals surface area (Å²) in [5.41, 5.74) is 0.923. The van der Waals surface area contributed by atoms with Gasteiger partial charge in [-0.15, -0.1) is 23.1 Å². The molecule has 0 spiro atoms. The van der Waals surface area contributed by atoms with Crippen LogP contribution in [-0.2, 0) is 16.1 Å². The summed E-state index contributed by atoms with van der Waals surface area (Å²) in [5.74, 6) is 0.584. The molecule has 0 radical (unpaired) electrons. The van der Waals surface area contributed by atoms with Gasteiger partial charge in [-0.05, 0) is 17.0 Å². The van der Waals surface area contributed by atoms with Crippen LogP contribution in [-0.4, -0.2) is 42.8 Å². The maximum atomic E-state index is 12.1. The number of alkyl carbamates (subject to hydrolysis) is 1. The molecule has 1 N–H and O–H groups in total. The number of hydrogen-bond acceptors (Lipinski definition) is 5. The van der Waals surface area contributed by atoms with Crippen molar-refractivity contribution in [3.63, 3.8) is 0 Å². The average molecular weight is 379 g/mol. The Kier molecular flexibility index (Phi) is 7.81. The highest BCUT2D eigenvalue weighted by Gasteiger charge is 2.19. The zero-order valence-electron chi connectivity index (χ0n) is 14.3. The number of thioether (sulfide) groups is 1. The van der Waals surface area contributed by atoms with E-state index < -0.39 is 6.09 Å². The number of ether oxygens (including phenoxy) is 1. The summed E-state index contributed by atoms with van der Waals surface area (Å²) in [5, 5.41) is 4.81. The molecule has 2 amide bonds. The molecule has 0 fully saturated rings. The molecule has 25 heavy (non-hydrogen) atoms. The maximum absolute atomic E-state index is 12.1. The first kappa shape index (κ1) is 19.3. The van der Waals surface area contributed by atoms with E-state index in [9.17, 15) is 9.59 Å². The third kappa shape index (κ3) is 7.19. The molecule has 0 aliphatic carbocycles. The molecule has 0 aliphatic heterocycles. The molecule has 0 bridgehead atoms. The van der Waals surface area contributed by atoms with E-state index in [1.54, 1.807) is 37.2 Å². The second kappa shape index (κ2) is 10.1. The van der Waals surface area contributed by atoms with Crippen molar-refractivity contribution in [3.05, 3.63) is 53.4 Å². The summed E-state index contributed by atoms with van der Waals surface area (Å²) >= 11 is 3.26. The Bertz CT molecular complexity index is 660. The Morgan fingerprint density at radius 1 is 1.20 bits per heavy atom. The molecule has 1 aromatic carbocycles. The molecule has 0 saturated heterocycles. The van der Waals surface area contributed by atoms with E-state index in [1.807, 2.05) is 47.8 Å². The first-order valence-corrected chi connectivity index (χ1v) is 9.75. The van der Waals surface area contributed by atoms with E-state index in [0.717, 1.165) is 9.77 Å². The van der Waals surface area contributed by atoms with E-state index in [-0.39, 0.29) is 25.0 Å². The van der Waals surface area contributed by atoms with Gasteiger partial charge in [-0.3, -0.25) is 4.79 Å². The topological polar surface area (TPSA) is 58.6 Å². The number of rotatable bonds is 8. The summed E-state index contributed by atoms with van der Waals surface area (Å²) in [6, 6.07) is 13.2. The van der Waals surface area contributed by atoms with E-state index in [4.69, 9.17) is 4.74 Å². The van der Waals surface area contributed by atoms with E-state index in [1.165, 1.54) is 4.90 Å². The molecular formula is C18H22N2O3S2. The van der Waals surface area contributed by atoms with Crippen LogP contribution in [0.4, 0.5) is 4.79 Å². The van der Waals surface area contributed by atoms with Crippen LogP contribution >= 0.6 is 23.1 Å². The fraction of sp³-hybridized carbons (Fsp3) is 0.333. The lowest BCUT2D eigenvalue weighted by atomic mass is 10.2. The van der Waals surface area contributed by atoms with Crippen LogP contribution in [0.15, 0.2) is 52.1 Å². The number of hydrogen-bond donors (Lipinski definition) is 1. The highest BCUT2D eigenvalue weighted by Crippen LogP contribution is 2.24. The number of nitrogens with one attached hydrogen (secondary N) is 1.